The Morgan fingerprint density at radius 1 is 0.947 bits per heavy atom. The quantitative estimate of drug-likeness (QED) is 0.107. The van der Waals surface area contributed by atoms with Crippen molar-refractivity contribution in [2.75, 3.05) is 10.7 Å². The zero-order chi connectivity index (χ0) is 26.7. The molecule has 0 fully saturated rings. The molecule has 1 aromatic heterocycles. The van der Waals surface area contributed by atoms with Crippen LogP contribution in [0.1, 0.15) is 45.1 Å². The van der Waals surface area contributed by atoms with Crippen LogP contribution in [-0.4, -0.2) is 33.3 Å². The van der Waals surface area contributed by atoms with Gasteiger partial charge in [0.25, 0.3) is 0 Å². The van der Waals surface area contributed by atoms with E-state index in [9.17, 15) is 9.59 Å². The van der Waals surface area contributed by atoms with E-state index in [1.807, 2.05) is 108 Å². The Morgan fingerprint density at radius 2 is 1.63 bits per heavy atom. The van der Waals surface area contributed by atoms with Crippen molar-refractivity contribution in [3.8, 4) is 0 Å². The summed E-state index contributed by atoms with van der Waals surface area (Å²) in [6.45, 7) is 4.59. The fourth-order valence-corrected chi connectivity index (χ4v) is 5.18. The molecule has 0 saturated heterocycles. The van der Waals surface area contributed by atoms with Crippen LogP contribution in [0.25, 0.3) is 11.0 Å². The zero-order valence-electron chi connectivity index (χ0n) is 22.1. The predicted molar refractivity (Wildman–Crippen MR) is 154 cm³/mol. The minimum atomic E-state index is -0.255. The Morgan fingerprint density at radius 3 is 2.37 bits per heavy atom. The van der Waals surface area contributed by atoms with E-state index >= 15 is 0 Å². The molecule has 4 aromatic rings. The average Bonchev–Trinajstić information content (AvgIpc) is 3.29. The Kier molecular flexibility index (Phi) is 9.98. The maximum atomic E-state index is 13.2. The molecule has 38 heavy (non-hydrogen) atoms. The van der Waals surface area contributed by atoms with Gasteiger partial charge in [-0.15, -0.1) is 0 Å². The Balaban J connectivity index is 1.34. The lowest BCUT2D eigenvalue weighted by Crippen LogP contribution is -2.30. The summed E-state index contributed by atoms with van der Waals surface area (Å²) in [6.07, 6.45) is 2.79. The van der Waals surface area contributed by atoms with Gasteiger partial charge in [-0.05, 0) is 56.0 Å². The maximum Gasteiger partial charge on any atom is 0.326 e. The Labute approximate surface area is 229 Å². The van der Waals surface area contributed by atoms with Gasteiger partial charge in [0.05, 0.1) is 23.7 Å². The number of imidazole rings is 1. The van der Waals surface area contributed by atoms with E-state index in [2.05, 4.69) is 0 Å². The van der Waals surface area contributed by atoms with E-state index in [0.29, 0.717) is 13.0 Å². The minimum absolute atomic E-state index is 0.108. The molecule has 0 aliphatic carbocycles. The van der Waals surface area contributed by atoms with Gasteiger partial charge in [-0.1, -0.05) is 79.3 Å². The third-order valence-corrected chi connectivity index (χ3v) is 7.45. The number of rotatable bonds is 13. The number of hydrogen-bond acceptors (Lipinski definition) is 5. The molecule has 0 spiro atoms. The summed E-state index contributed by atoms with van der Waals surface area (Å²) in [7, 11) is 0. The van der Waals surface area contributed by atoms with Gasteiger partial charge in [0, 0.05) is 17.9 Å². The number of thioether (sulfide) groups is 1. The van der Waals surface area contributed by atoms with Crippen LogP contribution in [0, 0.1) is 0 Å². The van der Waals surface area contributed by atoms with Gasteiger partial charge >= 0.3 is 5.97 Å². The number of carbonyl (C=O) groups is 2. The molecule has 1 heterocycles. The number of anilines is 1. The number of amides is 1. The smallest absolute Gasteiger partial charge is 0.326 e. The van der Waals surface area contributed by atoms with Crippen LogP contribution in [0.15, 0.2) is 90.1 Å². The molecule has 1 amide bonds. The third kappa shape index (κ3) is 7.48. The van der Waals surface area contributed by atoms with E-state index in [1.54, 1.807) is 11.8 Å². The fraction of sp³-hybridized carbons (Fsp3) is 0.323. The first-order chi connectivity index (χ1) is 18.5. The summed E-state index contributed by atoms with van der Waals surface area (Å²) in [5, 5.41) is 0.800. The van der Waals surface area contributed by atoms with Crippen LogP contribution in [0.5, 0.6) is 0 Å². The number of fused-ring (bicyclic) bond motifs is 1. The fourth-order valence-electron chi connectivity index (χ4n) is 4.16. The molecule has 6 nitrogen and oxygen atoms in total. The first-order valence-corrected chi connectivity index (χ1v) is 14.2. The summed E-state index contributed by atoms with van der Waals surface area (Å²) in [6, 6.07) is 27.8. The topological polar surface area (TPSA) is 64.4 Å². The average molecular weight is 530 g/mol. The number of benzene rings is 3. The van der Waals surface area contributed by atoms with Crippen LogP contribution >= 0.6 is 11.8 Å². The SMILES string of the molecule is CCC(C)OC(=O)Cn1c(SCCCCC(=O)N(Cc2ccccc2)c2ccccc2)nc2ccccc21. The lowest BCUT2D eigenvalue weighted by molar-refractivity contribution is -0.149. The summed E-state index contributed by atoms with van der Waals surface area (Å²) in [5.74, 6) is 0.667. The monoisotopic (exact) mass is 529 g/mol. The molecule has 0 aliphatic rings. The molecular weight excluding hydrogens is 494 g/mol. The maximum absolute atomic E-state index is 13.2. The number of esters is 1. The lowest BCUT2D eigenvalue weighted by Gasteiger charge is -2.23. The highest BCUT2D eigenvalue weighted by Gasteiger charge is 2.18. The first kappa shape index (κ1) is 27.5. The molecule has 0 N–H and O–H groups in total. The van der Waals surface area contributed by atoms with Crippen LogP contribution in [-0.2, 0) is 27.4 Å². The number of aromatic nitrogens is 2. The lowest BCUT2D eigenvalue weighted by atomic mass is 10.1. The van der Waals surface area contributed by atoms with Crippen molar-refractivity contribution in [2.24, 2.45) is 0 Å². The molecule has 3 aromatic carbocycles. The van der Waals surface area contributed by atoms with Gasteiger partial charge in [0.15, 0.2) is 5.16 Å². The molecule has 1 atom stereocenters. The van der Waals surface area contributed by atoms with E-state index in [0.717, 1.165) is 52.5 Å². The van der Waals surface area contributed by atoms with Crippen LogP contribution in [0.2, 0.25) is 0 Å². The normalized spacial score (nSPS) is 11.8. The van der Waals surface area contributed by atoms with Gasteiger partial charge in [0.1, 0.15) is 6.54 Å². The second-order valence-electron chi connectivity index (χ2n) is 9.28. The second kappa shape index (κ2) is 13.8. The third-order valence-electron chi connectivity index (χ3n) is 6.38. The number of ether oxygens (including phenoxy) is 1. The molecule has 1 unspecified atom stereocenters. The van der Waals surface area contributed by atoms with Crippen molar-refractivity contribution in [3.63, 3.8) is 0 Å². The number of carbonyl (C=O) groups excluding carboxylic acids is 2. The molecule has 7 heteroatoms. The standard InChI is InChI=1S/C31H35N3O3S/c1-3-24(2)37-30(36)23-34-28-19-11-10-18-27(28)32-31(34)38-21-13-12-20-29(35)33(26-16-8-5-9-17-26)22-25-14-6-4-7-15-25/h4-11,14-19,24H,3,12-13,20-23H2,1-2H3. The van der Waals surface area contributed by atoms with Crippen molar-refractivity contribution < 1.29 is 14.3 Å². The van der Waals surface area contributed by atoms with Crippen molar-refractivity contribution in [3.05, 3.63) is 90.5 Å². The van der Waals surface area contributed by atoms with Crippen molar-refractivity contribution in [1.82, 2.24) is 9.55 Å². The van der Waals surface area contributed by atoms with Gasteiger partial charge in [-0.3, -0.25) is 9.59 Å². The minimum Gasteiger partial charge on any atom is -0.461 e. The summed E-state index contributed by atoms with van der Waals surface area (Å²) < 4.78 is 7.45. The highest BCUT2D eigenvalue weighted by atomic mass is 32.2. The largest absolute Gasteiger partial charge is 0.461 e. The molecule has 198 valence electrons. The summed E-state index contributed by atoms with van der Waals surface area (Å²) >= 11 is 1.62. The van der Waals surface area contributed by atoms with Crippen molar-refractivity contribution in [1.29, 1.82) is 0 Å². The highest BCUT2D eigenvalue weighted by molar-refractivity contribution is 7.99. The van der Waals surface area contributed by atoms with E-state index in [1.165, 1.54) is 0 Å². The van der Waals surface area contributed by atoms with Crippen molar-refractivity contribution >= 4 is 40.4 Å². The number of unbranched alkanes of at least 4 members (excludes halogenated alkanes) is 1. The molecule has 0 aliphatic heterocycles. The second-order valence-corrected chi connectivity index (χ2v) is 10.3. The van der Waals surface area contributed by atoms with Crippen LogP contribution < -0.4 is 4.90 Å². The molecule has 0 radical (unpaired) electrons. The van der Waals surface area contributed by atoms with Gasteiger partial charge in [0.2, 0.25) is 5.91 Å². The predicted octanol–water partition coefficient (Wildman–Crippen LogP) is 6.87. The summed E-state index contributed by atoms with van der Waals surface area (Å²) in [4.78, 5) is 32.4. The molecular formula is C31H35N3O3S. The molecule has 0 saturated carbocycles. The van der Waals surface area contributed by atoms with Crippen LogP contribution in [0.4, 0.5) is 5.69 Å². The van der Waals surface area contributed by atoms with Gasteiger partial charge in [-0.2, -0.15) is 0 Å². The Hall–Kier alpha value is -3.58. The van der Waals surface area contributed by atoms with E-state index in [4.69, 9.17) is 9.72 Å². The molecule has 0 bridgehead atoms. The zero-order valence-corrected chi connectivity index (χ0v) is 22.9. The van der Waals surface area contributed by atoms with E-state index in [-0.39, 0.29) is 24.5 Å². The number of para-hydroxylation sites is 3. The van der Waals surface area contributed by atoms with Gasteiger partial charge in [-0.25, -0.2) is 4.98 Å². The first-order valence-electron chi connectivity index (χ1n) is 13.2. The van der Waals surface area contributed by atoms with Crippen LogP contribution in [0.3, 0.4) is 0 Å². The number of hydrogen-bond donors (Lipinski definition) is 0. The van der Waals surface area contributed by atoms with E-state index < -0.39 is 0 Å². The summed E-state index contributed by atoms with van der Waals surface area (Å²) in [5.41, 5.74) is 3.80. The Bertz CT molecular complexity index is 1320. The van der Waals surface area contributed by atoms with Gasteiger partial charge < -0.3 is 14.2 Å². The molecule has 4 rings (SSSR count). The number of nitrogens with zero attached hydrogens (tertiary/aromatic N) is 3. The van der Waals surface area contributed by atoms with Crippen molar-refractivity contribution in [2.45, 2.75) is 63.9 Å². The highest BCUT2D eigenvalue weighted by Crippen LogP contribution is 2.26.